The number of aliphatic imine (C=N–C) groups is 1. The molecule has 1 saturated carbocycles. The van der Waals surface area contributed by atoms with Crippen LogP contribution in [0.2, 0.25) is 0 Å². The van der Waals surface area contributed by atoms with E-state index in [1.807, 2.05) is 0 Å². The number of nitrogens with two attached hydrogens (primary N) is 1. The SMILES string of the molecule is CC(C)(C)NC(N)=NCC1CCCC1CO. The van der Waals surface area contributed by atoms with Gasteiger partial charge in [0.05, 0.1) is 0 Å². The molecule has 2 atom stereocenters. The Morgan fingerprint density at radius 3 is 2.56 bits per heavy atom. The maximum atomic E-state index is 9.19. The van der Waals surface area contributed by atoms with Crippen LogP contribution in [0, 0.1) is 11.8 Å². The highest BCUT2D eigenvalue weighted by Gasteiger charge is 2.26. The van der Waals surface area contributed by atoms with Crippen LogP contribution in [0.1, 0.15) is 40.0 Å². The third-order valence-electron chi connectivity index (χ3n) is 3.05. The lowest BCUT2D eigenvalue weighted by atomic mass is 9.97. The molecule has 16 heavy (non-hydrogen) atoms. The number of guanidine groups is 1. The first-order valence-electron chi connectivity index (χ1n) is 6.11. The van der Waals surface area contributed by atoms with Gasteiger partial charge in [0.1, 0.15) is 0 Å². The van der Waals surface area contributed by atoms with Crippen LogP contribution in [0.25, 0.3) is 0 Å². The van der Waals surface area contributed by atoms with Crippen LogP contribution in [0.4, 0.5) is 0 Å². The summed E-state index contributed by atoms with van der Waals surface area (Å²) in [6.07, 6.45) is 3.50. The topological polar surface area (TPSA) is 70.6 Å². The second-order valence-electron chi connectivity index (χ2n) is 5.73. The highest BCUT2D eigenvalue weighted by Crippen LogP contribution is 2.31. The van der Waals surface area contributed by atoms with Crippen molar-refractivity contribution in [3.63, 3.8) is 0 Å². The maximum absolute atomic E-state index is 9.19. The first-order valence-corrected chi connectivity index (χ1v) is 6.11. The summed E-state index contributed by atoms with van der Waals surface area (Å²) in [7, 11) is 0. The molecule has 1 fully saturated rings. The molecule has 4 heteroatoms. The van der Waals surface area contributed by atoms with Crippen molar-refractivity contribution in [2.24, 2.45) is 22.6 Å². The molecule has 0 bridgehead atoms. The maximum Gasteiger partial charge on any atom is 0.188 e. The summed E-state index contributed by atoms with van der Waals surface area (Å²) in [5.74, 6) is 1.44. The van der Waals surface area contributed by atoms with Gasteiger partial charge >= 0.3 is 0 Å². The van der Waals surface area contributed by atoms with E-state index in [9.17, 15) is 5.11 Å². The van der Waals surface area contributed by atoms with Crippen LogP contribution in [-0.4, -0.2) is 29.8 Å². The van der Waals surface area contributed by atoms with Crippen LogP contribution in [0.15, 0.2) is 4.99 Å². The van der Waals surface area contributed by atoms with Gasteiger partial charge in [0.15, 0.2) is 5.96 Å². The van der Waals surface area contributed by atoms with Crippen molar-refractivity contribution in [3.8, 4) is 0 Å². The van der Waals surface area contributed by atoms with E-state index in [4.69, 9.17) is 5.73 Å². The minimum absolute atomic E-state index is 0.0420. The first kappa shape index (κ1) is 13.3. The van der Waals surface area contributed by atoms with Crippen molar-refractivity contribution in [2.75, 3.05) is 13.2 Å². The van der Waals surface area contributed by atoms with Crippen LogP contribution in [-0.2, 0) is 0 Å². The van der Waals surface area contributed by atoms with Crippen LogP contribution >= 0.6 is 0 Å². The lowest BCUT2D eigenvalue weighted by Crippen LogP contribution is -2.45. The zero-order valence-corrected chi connectivity index (χ0v) is 10.7. The Balaban J connectivity index is 2.40. The Bertz CT molecular complexity index is 245. The summed E-state index contributed by atoms with van der Waals surface area (Å²) >= 11 is 0. The summed E-state index contributed by atoms with van der Waals surface area (Å²) in [5, 5.41) is 12.3. The fourth-order valence-corrected chi connectivity index (χ4v) is 2.23. The van der Waals surface area contributed by atoms with Gasteiger partial charge in [-0.3, -0.25) is 4.99 Å². The molecule has 1 aliphatic carbocycles. The van der Waals surface area contributed by atoms with Crippen molar-refractivity contribution < 1.29 is 5.11 Å². The molecule has 1 rings (SSSR count). The van der Waals surface area contributed by atoms with Crippen molar-refractivity contribution in [3.05, 3.63) is 0 Å². The highest BCUT2D eigenvalue weighted by atomic mass is 16.3. The van der Waals surface area contributed by atoms with Gasteiger partial charge in [0.2, 0.25) is 0 Å². The fraction of sp³-hybridized carbons (Fsp3) is 0.917. The Labute approximate surface area is 98.3 Å². The highest BCUT2D eigenvalue weighted by molar-refractivity contribution is 5.78. The molecule has 0 radical (unpaired) electrons. The van der Waals surface area contributed by atoms with E-state index in [0.717, 1.165) is 19.4 Å². The zero-order chi connectivity index (χ0) is 12.2. The Morgan fingerprint density at radius 1 is 1.38 bits per heavy atom. The summed E-state index contributed by atoms with van der Waals surface area (Å²) in [5.41, 5.74) is 5.76. The van der Waals surface area contributed by atoms with Gasteiger partial charge in [0, 0.05) is 18.7 Å². The molecule has 0 aromatic rings. The molecule has 0 spiro atoms. The molecule has 94 valence electrons. The average molecular weight is 227 g/mol. The molecule has 1 aliphatic rings. The number of aliphatic hydroxyl groups is 1. The van der Waals surface area contributed by atoms with Crippen LogP contribution in [0.5, 0.6) is 0 Å². The van der Waals surface area contributed by atoms with Gasteiger partial charge in [-0.25, -0.2) is 0 Å². The van der Waals surface area contributed by atoms with E-state index < -0.39 is 0 Å². The summed E-state index contributed by atoms with van der Waals surface area (Å²) in [6, 6.07) is 0. The van der Waals surface area contributed by atoms with E-state index in [1.165, 1.54) is 6.42 Å². The van der Waals surface area contributed by atoms with Crippen molar-refractivity contribution in [1.29, 1.82) is 0 Å². The second kappa shape index (κ2) is 5.53. The van der Waals surface area contributed by atoms with Crippen LogP contribution in [0.3, 0.4) is 0 Å². The second-order valence-corrected chi connectivity index (χ2v) is 5.73. The van der Waals surface area contributed by atoms with Gasteiger partial charge in [0.25, 0.3) is 0 Å². The normalized spacial score (nSPS) is 27.1. The molecule has 0 aliphatic heterocycles. The molecule has 0 aromatic carbocycles. The summed E-state index contributed by atoms with van der Waals surface area (Å²) in [6.45, 7) is 7.19. The van der Waals surface area contributed by atoms with Gasteiger partial charge in [-0.15, -0.1) is 0 Å². The van der Waals surface area contributed by atoms with Crippen molar-refractivity contribution >= 4 is 5.96 Å². The monoisotopic (exact) mass is 227 g/mol. The van der Waals surface area contributed by atoms with E-state index in [0.29, 0.717) is 17.8 Å². The fourth-order valence-electron chi connectivity index (χ4n) is 2.23. The predicted octanol–water partition coefficient (Wildman–Crippen LogP) is 1.10. The third-order valence-corrected chi connectivity index (χ3v) is 3.05. The zero-order valence-electron chi connectivity index (χ0n) is 10.7. The number of aliphatic hydroxyl groups excluding tert-OH is 1. The van der Waals surface area contributed by atoms with Gasteiger partial charge in [-0.05, 0) is 45.4 Å². The number of hydrogen-bond donors (Lipinski definition) is 3. The number of nitrogens with one attached hydrogen (secondary N) is 1. The lowest BCUT2D eigenvalue weighted by molar-refractivity contribution is 0.197. The minimum Gasteiger partial charge on any atom is -0.396 e. The molecule has 4 N–H and O–H groups in total. The molecule has 0 aromatic heterocycles. The smallest absolute Gasteiger partial charge is 0.188 e. The molecule has 0 heterocycles. The third kappa shape index (κ3) is 4.39. The average Bonchev–Trinajstić information content (AvgIpc) is 2.59. The van der Waals surface area contributed by atoms with Gasteiger partial charge < -0.3 is 16.2 Å². The molecular weight excluding hydrogens is 202 g/mol. The van der Waals surface area contributed by atoms with E-state index in [1.54, 1.807) is 0 Å². The molecular formula is C12H25N3O. The van der Waals surface area contributed by atoms with Crippen LogP contribution < -0.4 is 11.1 Å². The summed E-state index contributed by atoms with van der Waals surface area (Å²) < 4.78 is 0. The van der Waals surface area contributed by atoms with Gasteiger partial charge in [-0.1, -0.05) is 6.42 Å². The molecule has 0 saturated heterocycles. The largest absolute Gasteiger partial charge is 0.396 e. The Morgan fingerprint density at radius 2 is 2.00 bits per heavy atom. The summed E-state index contributed by atoms with van der Waals surface area (Å²) in [4.78, 5) is 4.36. The molecule has 2 unspecified atom stereocenters. The van der Waals surface area contributed by atoms with E-state index >= 15 is 0 Å². The Hall–Kier alpha value is -0.770. The lowest BCUT2D eigenvalue weighted by Gasteiger charge is -2.22. The predicted molar refractivity (Wildman–Crippen MR) is 67.3 cm³/mol. The first-order chi connectivity index (χ1) is 7.42. The van der Waals surface area contributed by atoms with E-state index in [2.05, 4.69) is 31.1 Å². The molecule has 0 amide bonds. The van der Waals surface area contributed by atoms with E-state index in [-0.39, 0.29) is 12.1 Å². The number of rotatable bonds is 3. The standard InChI is InChI=1S/C12H25N3O/c1-12(2,3)15-11(13)14-7-9-5-4-6-10(9)8-16/h9-10,16H,4-8H2,1-3H3,(H3,13,14,15). The quantitative estimate of drug-likeness (QED) is 0.499. The number of hydrogen-bond acceptors (Lipinski definition) is 2. The van der Waals surface area contributed by atoms with Crippen molar-refractivity contribution in [2.45, 2.75) is 45.6 Å². The number of nitrogens with zero attached hydrogens (tertiary/aromatic N) is 1. The van der Waals surface area contributed by atoms with Gasteiger partial charge in [-0.2, -0.15) is 0 Å². The molecule has 4 nitrogen and oxygen atoms in total. The van der Waals surface area contributed by atoms with Crippen molar-refractivity contribution in [1.82, 2.24) is 5.32 Å². The Kier molecular flexibility index (Phi) is 4.59. The minimum atomic E-state index is -0.0420.